The van der Waals surface area contributed by atoms with Gasteiger partial charge in [0.15, 0.2) is 6.29 Å². The van der Waals surface area contributed by atoms with Crippen molar-refractivity contribution in [3.63, 3.8) is 0 Å². The second-order valence-electron chi connectivity index (χ2n) is 10.7. The molecular weight excluding hydrogens is 512 g/mol. The van der Waals surface area contributed by atoms with E-state index in [9.17, 15) is 9.90 Å². The first-order chi connectivity index (χ1) is 20.0. The quantitative estimate of drug-likeness (QED) is 0.241. The second-order valence-corrected chi connectivity index (χ2v) is 10.7. The van der Waals surface area contributed by atoms with Gasteiger partial charge >= 0.3 is 0 Å². The number of hydrogen-bond acceptors (Lipinski definition) is 5. The molecule has 6 heteroatoms. The summed E-state index contributed by atoms with van der Waals surface area (Å²) < 4.78 is 13.1. The summed E-state index contributed by atoms with van der Waals surface area (Å²) in [5, 5.41) is 12.5. The third-order valence-electron chi connectivity index (χ3n) is 7.79. The molecule has 5 rings (SSSR count). The number of aliphatic hydroxyl groups excluding tert-OH is 1. The number of nitrogens with one attached hydrogen (secondary N) is 1. The lowest BCUT2D eigenvalue weighted by Crippen LogP contribution is -2.38. The van der Waals surface area contributed by atoms with Gasteiger partial charge < -0.3 is 19.9 Å². The van der Waals surface area contributed by atoms with Gasteiger partial charge in [-0.3, -0.25) is 9.69 Å². The Kier molecular flexibility index (Phi) is 9.59. The minimum atomic E-state index is -0.523. The molecule has 41 heavy (non-hydrogen) atoms. The van der Waals surface area contributed by atoms with Crippen LogP contribution in [-0.2, 0) is 22.6 Å². The Bertz CT molecular complexity index is 1380. The molecule has 1 heterocycles. The van der Waals surface area contributed by atoms with E-state index in [-0.39, 0.29) is 30.8 Å². The van der Waals surface area contributed by atoms with Crippen LogP contribution in [0.5, 0.6) is 0 Å². The highest BCUT2D eigenvalue weighted by Gasteiger charge is 2.33. The molecule has 0 spiro atoms. The zero-order chi connectivity index (χ0) is 28.6. The molecule has 0 aromatic heterocycles. The first-order valence-corrected chi connectivity index (χ1v) is 14.2. The maximum Gasteiger partial charge on any atom is 0.251 e. The zero-order valence-electron chi connectivity index (χ0n) is 23.6. The maximum absolute atomic E-state index is 12.4. The Morgan fingerprint density at radius 3 is 2.12 bits per heavy atom. The van der Waals surface area contributed by atoms with Gasteiger partial charge in [0.2, 0.25) is 0 Å². The van der Waals surface area contributed by atoms with Crippen molar-refractivity contribution < 1.29 is 19.4 Å². The van der Waals surface area contributed by atoms with Crippen molar-refractivity contribution in [1.82, 2.24) is 10.2 Å². The number of nitrogens with zero attached hydrogens (tertiary/aromatic N) is 1. The molecule has 0 saturated carbocycles. The van der Waals surface area contributed by atoms with E-state index in [0.717, 1.165) is 35.2 Å². The molecular formula is C35H38N2O4. The minimum absolute atomic E-state index is 0.0144. The number of ether oxygens (including phenoxy) is 2. The fourth-order valence-corrected chi connectivity index (χ4v) is 5.16. The SMILES string of the molecule is C[C@@H](c1ccccc1)N(C)C[C@H]1C[C@@H](c2ccc(CO)cc2)O[C@@H](c2ccc(CNC(=O)c3ccccc3)cc2)O1. The lowest BCUT2D eigenvalue weighted by atomic mass is 9.99. The van der Waals surface area contributed by atoms with Gasteiger partial charge in [0.05, 0.1) is 18.8 Å². The van der Waals surface area contributed by atoms with Crippen LogP contribution in [-0.4, -0.2) is 35.6 Å². The first-order valence-electron chi connectivity index (χ1n) is 14.2. The van der Waals surface area contributed by atoms with Crippen molar-refractivity contribution in [3.8, 4) is 0 Å². The molecule has 6 nitrogen and oxygen atoms in total. The molecule has 1 saturated heterocycles. The Balaban J connectivity index is 1.29. The van der Waals surface area contributed by atoms with Crippen molar-refractivity contribution in [1.29, 1.82) is 0 Å². The Labute approximate surface area is 242 Å². The van der Waals surface area contributed by atoms with Crippen molar-refractivity contribution in [2.45, 2.75) is 51.0 Å². The van der Waals surface area contributed by atoms with Crippen LogP contribution < -0.4 is 5.32 Å². The van der Waals surface area contributed by atoms with Crippen LogP contribution in [0.1, 0.15) is 70.0 Å². The van der Waals surface area contributed by atoms with E-state index < -0.39 is 6.29 Å². The predicted octanol–water partition coefficient (Wildman–Crippen LogP) is 6.35. The number of carbonyl (C=O) groups excluding carboxylic acids is 1. The number of carbonyl (C=O) groups is 1. The van der Waals surface area contributed by atoms with Gasteiger partial charge in [-0.25, -0.2) is 0 Å². The topological polar surface area (TPSA) is 71.0 Å². The number of likely N-dealkylation sites (N-methyl/N-ethyl adjacent to an activating group) is 1. The van der Waals surface area contributed by atoms with E-state index in [4.69, 9.17) is 9.47 Å². The molecule has 4 atom stereocenters. The molecule has 0 radical (unpaired) electrons. The van der Waals surface area contributed by atoms with Gasteiger partial charge in [-0.2, -0.15) is 0 Å². The van der Waals surface area contributed by atoms with Crippen LogP contribution in [0.2, 0.25) is 0 Å². The molecule has 0 unspecified atom stereocenters. The fraction of sp³-hybridized carbons (Fsp3) is 0.286. The van der Waals surface area contributed by atoms with Crippen LogP contribution in [0.15, 0.2) is 109 Å². The Hall–Kier alpha value is -3.81. The third kappa shape index (κ3) is 7.48. The number of benzene rings is 4. The van der Waals surface area contributed by atoms with E-state index >= 15 is 0 Å². The van der Waals surface area contributed by atoms with Gasteiger partial charge in [0, 0.05) is 36.7 Å². The lowest BCUT2D eigenvalue weighted by molar-refractivity contribution is -0.253. The normalized spacial score (nSPS) is 19.6. The molecule has 1 aliphatic heterocycles. The van der Waals surface area contributed by atoms with Crippen molar-refractivity contribution in [2.24, 2.45) is 0 Å². The molecule has 2 N–H and O–H groups in total. The van der Waals surface area contributed by atoms with Crippen LogP contribution in [0.25, 0.3) is 0 Å². The summed E-state index contributed by atoms with van der Waals surface area (Å²) in [6.45, 7) is 3.42. The molecule has 1 fully saturated rings. The van der Waals surface area contributed by atoms with E-state index in [2.05, 4.69) is 48.5 Å². The second kappa shape index (κ2) is 13.7. The predicted molar refractivity (Wildman–Crippen MR) is 160 cm³/mol. The number of amides is 1. The van der Waals surface area contributed by atoms with Crippen LogP contribution in [0, 0.1) is 0 Å². The highest BCUT2D eigenvalue weighted by atomic mass is 16.7. The van der Waals surface area contributed by atoms with E-state index in [1.807, 2.05) is 72.8 Å². The van der Waals surface area contributed by atoms with Crippen LogP contribution >= 0.6 is 0 Å². The summed E-state index contributed by atoms with van der Waals surface area (Å²) in [6, 6.07) is 36.0. The van der Waals surface area contributed by atoms with Gasteiger partial charge in [0.25, 0.3) is 5.91 Å². The smallest absolute Gasteiger partial charge is 0.251 e. The molecule has 0 aliphatic carbocycles. The Morgan fingerprint density at radius 1 is 0.854 bits per heavy atom. The molecule has 4 aromatic rings. The summed E-state index contributed by atoms with van der Waals surface area (Å²) in [5.41, 5.74) is 5.79. The van der Waals surface area contributed by atoms with E-state index in [1.165, 1.54) is 5.56 Å². The number of rotatable bonds is 10. The summed E-state index contributed by atoms with van der Waals surface area (Å²) in [5.74, 6) is -0.0969. The summed E-state index contributed by atoms with van der Waals surface area (Å²) in [6.07, 6.45) is 0.0171. The van der Waals surface area contributed by atoms with Crippen molar-refractivity contribution >= 4 is 5.91 Å². The first kappa shape index (κ1) is 28.7. The molecule has 212 valence electrons. The molecule has 4 aromatic carbocycles. The highest BCUT2D eigenvalue weighted by molar-refractivity contribution is 5.94. The molecule has 0 bridgehead atoms. The van der Waals surface area contributed by atoms with Crippen molar-refractivity contribution in [2.75, 3.05) is 13.6 Å². The Morgan fingerprint density at radius 2 is 1.46 bits per heavy atom. The van der Waals surface area contributed by atoms with Gasteiger partial charge in [0.1, 0.15) is 0 Å². The third-order valence-corrected chi connectivity index (χ3v) is 7.79. The summed E-state index contributed by atoms with van der Waals surface area (Å²) >= 11 is 0. The lowest BCUT2D eigenvalue weighted by Gasteiger charge is -2.39. The highest BCUT2D eigenvalue weighted by Crippen LogP contribution is 2.38. The van der Waals surface area contributed by atoms with E-state index in [0.29, 0.717) is 12.1 Å². The van der Waals surface area contributed by atoms with Gasteiger partial charge in [-0.15, -0.1) is 0 Å². The van der Waals surface area contributed by atoms with Gasteiger partial charge in [-0.1, -0.05) is 97.1 Å². The molecule has 1 aliphatic rings. The standard InChI is InChI=1S/C35H38N2O4/c1-25(28-9-5-3-6-10-28)37(2)23-32-21-33(29-17-15-27(24-38)16-18-29)41-35(40-32)31-19-13-26(14-20-31)22-36-34(39)30-11-7-4-8-12-30/h3-20,25,32-33,35,38H,21-24H2,1-2H3,(H,36,39)/t25-,32+,33-,35-/m0/s1. The van der Waals surface area contributed by atoms with E-state index in [1.54, 1.807) is 12.1 Å². The number of hydrogen-bond donors (Lipinski definition) is 2. The maximum atomic E-state index is 12.4. The minimum Gasteiger partial charge on any atom is -0.392 e. The van der Waals surface area contributed by atoms with Crippen molar-refractivity contribution in [3.05, 3.63) is 143 Å². The average Bonchev–Trinajstić information content (AvgIpc) is 3.04. The van der Waals surface area contributed by atoms with Gasteiger partial charge in [-0.05, 0) is 48.4 Å². The monoisotopic (exact) mass is 550 g/mol. The average molecular weight is 551 g/mol. The zero-order valence-corrected chi connectivity index (χ0v) is 23.6. The fourth-order valence-electron chi connectivity index (χ4n) is 5.16. The molecule has 1 amide bonds. The number of aliphatic hydroxyl groups is 1. The largest absolute Gasteiger partial charge is 0.392 e. The summed E-state index contributed by atoms with van der Waals surface area (Å²) in [4.78, 5) is 14.8. The summed E-state index contributed by atoms with van der Waals surface area (Å²) in [7, 11) is 2.13. The van der Waals surface area contributed by atoms with Crippen LogP contribution in [0.3, 0.4) is 0 Å². The van der Waals surface area contributed by atoms with Crippen LogP contribution in [0.4, 0.5) is 0 Å².